The molecule has 170 valence electrons. The molecule has 4 rings (SSSR count). The van der Waals surface area contributed by atoms with Gasteiger partial charge in [0.05, 0.1) is 16.7 Å². The van der Waals surface area contributed by atoms with Crippen molar-refractivity contribution in [3.8, 4) is 11.3 Å². The third-order valence-electron chi connectivity index (χ3n) is 5.72. The van der Waals surface area contributed by atoms with Crippen molar-refractivity contribution in [2.24, 2.45) is 11.5 Å². The van der Waals surface area contributed by atoms with Gasteiger partial charge in [-0.2, -0.15) is 4.98 Å². The van der Waals surface area contributed by atoms with Gasteiger partial charge in [0.15, 0.2) is 0 Å². The SMILES string of the molecule is CCc1ccc(-c2oc3nc(NS(=O)(=O)CCCCN)c(C4CC4)cc3c2C(N)=O)cc1. The Hall–Kier alpha value is -2.91. The number of benzene rings is 1. The minimum atomic E-state index is -3.58. The van der Waals surface area contributed by atoms with E-state index in [2.05, 4.69) is 16.6 Å². The van der Waals surface area contributed by atoms with E-state index in [4.69, 9.17) is 15.9 Å². The Labute approximate surface area is 187 Å². The number of hydrogen-bond acceptors (Lipinski definition) is 6. The predicted octanol–water partition coefficient (Wildman–Crippen LogP) is 3.51. The number of carbonyl (C=O) groups excluding carboxylic acids is 1. The highest BCUT2D eigenvalue weighted by Gasteiger charge is 2.31. The summed E-state index contributed by atoms with van der Waals surface area (Å²) in [5, 5.41) is 0.500. The lowest BCUT2D eigenvalue weighted by molar-refractivity contribution is 0.100. The number of primary amides is 1. The summed E-state index contributed by atoms with van der Waals surface area (Å²) in [6.45, 7) is 2.50. The molecule has 0 spiro atoms. The number of carbonyl (C=O) groups is 1. The molecule has 2 aromatic heterocycles. The Balaban J connectivity index is 1.80. The van der Waals surface area contributed by atoms with Gasteiger partial charge >= 0.3 is 0 Å². The number of furan rings is 1. The lowest BCUT2D eigenvalue weighted by Gasteiger charge is -2.11. The van der Waals surface area contributed by atoms with Gasteiger partial charge in [-0.3, -0.25) is 9.52 Å². The summed E-state index contributed by atoms with van der Waals surface area (Å²) in [5.74, 6) is 0.139. The van der Waals surface area contributed by atoms with Crippen molar-refractivity contribution in [2.75, 3.05) is 17.0 Å². The van der Waals surface area contributed by atoms with Gasteiger partial charge in [0, 0.05) is 5.56 Å². The van der Waals surface area contributed by atoms with Crippen LogP contribution in [0, 0.1) is 0 Å². The summed E-state index contributed by atoms with van der Waals surface area (Å²) >= 11 is 0. The Bertz CT molecular complexity index is 1250. The van der Waals surface area contributed by atoms with Crippen LogP contribution in [0.15, 0.2) is 34.7 Å². The number of amides is 1. The first-order chi connectivity index (χ1) is 15.3. The summed E-state index contributed by atoms with van der Waals surface area (Å²) < 4.78 is 33.7. The molecule has 1 aromatic carbocycles. The van der Waals surface area contributed by atoms with Crippen LogP contribution < -0.4 is 16.2 Å². The third kappa shape index (κ3) is 4.63. The maximum atomic E-state index is 12.6. The standard InChI is InChI=1S/C23H28N4O4S/c1-2-14-5-7-16(8-6-14)20-19(21(25)28)18-13-17(15-9-10-15)22(26-23(18)31-20)27-32(29,30)12-4-3-11-24/h5-8,13,15H,2-4,9-12,24H2,1H3,(H2,25,28)(H,26,27). The van der Waals surface area contributed by atoms with E-state index in [-0.39, 0.29) is 28.8 Å². The van der Waals surface area contributed by atoms with E-state index >= 15 is 0 Å². The maximum absolute atomic E-state index is 12.6. The molecule has 9 heteroatoms. The lowest BCUT2D eigenvalue weighted by Crippen LogP contribution is -2.19. The molecular formula is C23H28N4O4S. The van der Waals surface area contributed by atoms with Crippen LogP contribution in [-0.2, 0) is 16.4 Å². The number of hydrogen-bond donors (Lipinski definition) is 3. The molecule has 0 saturated heterocycles. The number of nitrogens with zero attached hydrogens (tertiary/aromatic N) is 1. The third-order valence-corrected chi connectivity index (χ3v) is 7.05. The Morgan fingerprint density at radius 2 is 1.94 bits per heavy atom. The molecule has 1 fully saturated rings. The summed E-state index contributed by atoms with van der Waals surface area (Å²) in [6.07, 6.45) is 3.86. The van der Waals surface area contributed by atoms with Crippen molar-refractivity contribution in [3.63, 3.8) is 0 Å². The minimum Gasteiger partial charge on any atom is -0.437 e. The summed E-state index contributed by atoms with van der Waals surface area (Å²) in [5.41, 5.74) is 14.3. The number of nitrogens with two attached hydrogens (primary N) is 2. The fourth-order valence-corrected chi connectivity index (χ4v) is 4.94. The molecule has 1 aliphatic rings. The predicted molar refractivity (Wildman–Crippen MR) is 125 cm³/mol. The Morgan fingerprint density at radius 1 is 1.22 bits per heavy atom. The van der Waals surface area contributed by atoms with Crippen LogP contribution in [0.4, 0.5) is 5.82 Å². The van der Waals surface area contributed by atoms with Crippen molar-refractivity contribution >= 4 is 32.8 Å². The maximum Gasteiger partial charge on any atom is 0.253 e. The van der Waals surface area contributed by atoms with E-state index in [1.54, 1.807) is 6.07 Å². The number of sulfonamides is 1. The van der Waals surface area contributed by atoms with Crippen LogP contribution in [0.2, 0.25) is 0 Å². The van der Waals surface area contributed by atoms with Gasteiger partial charge in [-0.1, -0.05) is 31.2 Å². The monoisotopic (exact) mass is 456 g/mol. The van der Waals surface area contributed by atoms with Gasteiger partial charge < -0.3 is 15.9 Å². The molecule has 0 unspecified atom stereocenters. The van der Waals surface area contributed by atoms with E-state index in [9.17, 15) is 13.2 Å². The highest BCUT2D eigenvalue weighted by Crippen LogP contribution is 2.45. The van der Waals surface area contributed by atoms with Gasteiger partial charge in [0.2, 0.25) is 15.7 Å². The van der Waals surface area contributed by atoms with Gasteiger partial charge in [-0.25, -0.2) is 8.42 Å². The van der Waals surface area contributed by atoms with Crippen molar-refractivity contribution in [1.82, 2.24) is 4.98 Å². The van der Waals surface area contributed by atoms with E-state index in [0.717, 1.165) is 30.4 Å². The highest BCUT2D eigenvalue weighted by molar-refractivity contribution is 7.92. The average Bonchev–Trinajstić information content (AvgIpc) is 3.53. The average molecular weight is 457 g/mol. The van der Waals surface area contributed by atoms with E-state index < -0.39 is 15.9 Å². The fourth-order valence-electron chi connectivity index (χ4n) is 3.80. The number of pyridine rings is 1. The quantitative estimate of drug-likeness (QED) is 0.399. The van der Waals surface area contributed by atoms with Crippen LogP contribution >= 0.6 is 0 Å². The summed E-state index contributed by atoms with van der Waals surface area (Å²) in [6, 6.07) is 9.50. The Morgan fingerprint density at radius 3 is 2.53 bits per heavy atom. The number of anilines is 1. The van der Waals surface area contributed by atoms with Crippen LogP contribution in [0.5, 0.6) is 0 Å². The molecule has 3 aromatic rings. The molecule has 1 aliphatic carbocycles. The first-order valence-corrected chi connectivity index (χ1v) is 12.5. The number of rotatable bonds is 10. The second-order valence-electron chi connectivity index (χ2n) is 8.19. The highest BCUT2D eigenvalue weighted by atomic mass is 32.2. The molecule has 1 saturated carbocycles. The number of aryl methyl sites for hydroxylation is 1. The lowest BCUT2D eigenvalue weighted by atomic mass is 10.0. The van der Waals surface area contributed by atoms with Gasteiger partial charge in [0.25, 0.3) is 5.91 Å². The normalized spacial score (nSPS) is 14.1. The van der Waals surface area contributed by atoms with Gasteiger partial charge in [0.1, 0.15) is 11.6 Å². The minimum absolute atomic E-state index is 0.0340. The zero-order valence-electron chi connectivity index (χ0n) is 18.1. The second-order valence-corrected chi connectivity index (χ2v) is 10.0. The molecule has 1 amide bonds. The fraction of sp³-hybridized carbons (Fsp3) is 0.391. The van der Waals surface area contributed by atoms with Crippen LogP contribution in [0.25, 0.3) is 22.4 Å². The molecule has 0 radical (unpaired) electrons. The van der Waals surface area contributed by atoms with E-state index in [0.29, 0.717) is 36.1 Å². The number of fused-ring (bicyclic) bond motifs is 1. The zero-order valence-corrected chi connectivity index (χ0v) is 18.9. The van der Waals surface area contributed by atoms with Crippen LogP contribution in [0.1, 0.15) is 60.0 Å². The number of nitrogens with one attached hydrogen (secondary N) is 1. The molecule has 8 nitrogen and oxygen atoms in total. The van der Waals surface area contributed by atoms with Crippen molar-refractivity contribution < 1.29 is 17.6 Å². The zero-order chi connectivity index (χ0) is 22.9. The molecule has 0 bridgehead atoms. The van der Waals surface area contributed by atoms with Crippen LogP contribution in [0.3, 0.4) is 0 Å². The van der Waals surface area contributed by atoms with Gasteiger partial charge in [-0.05, 0) is 61.8 Å². The second kappa shape index (κ2) is 8.91. The first kappa shape index (κ1) is 22.3. The van der Waals surface area contributed by atoms with Crippen molar-refractivity contribution in [1.29, 1.82) is 0 Å². The van der Waals surface area contributed by atoms with Crippen molar-refractivity contribution in [3.05, 3.63) is 47.0 Å². The number of unbranched alkanes of at least 4 members (excludes halogenated alkanes) is 1. The summed E-state index contributed by atoms with van der Waals surface area (Å²) in [4.78, 5) is 16.8. The number of aromatic nitrogens is 1. The molecular weight excluding hydrogens is 428 g/mol. The first-order valence-electron chi connectivity index (χ1n) is 10.9. The molecule has 32 heavy (non-hydrogen) atoms. The van der Waals surface area contributed by atoms with Crippen LogP contribution in [-0.4, -0.2) is 31.6 Å². The topological polar surface area (TPSA) is 141 Å². The van der Waals surface area contributed by atoms with Crippen molar-refractivity contribution in [2.45, 2.75) is 44.9 Å². The smallest absolute Gasteiger partial charge is 0.253 e. The van der Waals surface area contributed by atoms with E-state index in [1.807, 2.05) is 24.3 Å². The Kier molecular flexibility index (Phi) is 6.21. The molecule has 2 heterocycles. The molecule has 5 N–H and O–H groups in total. The molecule has 0 atom stereocenters. The summed E-state index contributed by atoms with van der Waals surface area (Å²) in [7, 11) is -3.58. The van der Waals surface area contributed by atoms with Gasteiger partial charge in [-0.15, -0.1) is 0 Å². The van der Waals surface area contributed by atoms with E-state index in [1.165, 1.54) is 0 Å². The molecule has 0 aliphatic heterocycles. The largest absolute Gasteiger partial charge is 0.437 e.